The fourth-order valence-electron chi connectivity index (χ4n) is 4.14. The Morgan fingerprint density at radius 3 is 2.33 bits per heavy atom. The summed E-state index contributed by atoms with van der Waals surface area (Å²) in [7, 11) is 0. The largest absolute Gasteiger partial charge is 0.490 e. The van der Waals surface area contributed by atoms with E-state index < -0.39 is 0 Å². The lowest BCUT2D eigenvalue weighted by Gasteiger charge is -2.33. The predicted molar refractivity (Wildman–Crippen MR) is 135 cm³/mol. The van der Waals surface area contributed by atoms with Gasteiger partial charge in [0.1, 0.15) is 35.8 Å². The number of hydrogen-bond donors (Lipinski definition) is 0. The molecule has 5 heteroatoms. The standard InChI is InChI=1S/C28H30N2O2S/c1-28(2,3)21-11-14-24-25(18-29)27(33-26(24)17-21)30-19-20-9-12-23(13-10-20)32-16-15-31-22-7-5-4-6-8-22/h4-10,12-13,19,21H,11,14-17H2,1-3H3/t21-/m1/s1. The summed E-state index contributed by atoms with van der Waals surface area (Å²) in [6.07, 6.45) is 5.00. The molecule has 0 radical (unpaired) electrons. The van der Waals surface area contributed by atoms with Crippen molar-refractivity contribution in [3.63, 3.8) is 0 Å². The molecule has 0 amide bonds. The molecule has 3 aromatic rings. The number of aliphatic imine (C=N–C) groups is 1. The van der Waals surface area contributed by atoms with Gasteiger partial charge in [-0.2, -0.15) is 5.26 Å². The number of benzene rings is 2. The SMILES string of the molecule is CC(C)(C)[C@@H]1CCc2c(sc(N=Cc3ccc(OCCOc4ccccc4)cc3)c2C#N)C1. The van der Waals surface area contributed by atoms with E-state index in [1.807, 2.05) is 60.8 Å². The van der Waals surface area contributed by atoms with Gasteiger partial charge in [-0.05, 0) is 78.1 Å². The van der Waals surface area contributed by atoms with Crippen LogP contribution in [0.25, 0.3) is 0 Å². The molecule has 0 fully saturated rings. The highest BCUT2D eigenvalue weighted by atomic mass is 32.1. The second kappa shape index (κ2) is 10.2. The van der Waals surface area contributed by atoms with Crippen LogP contribution in [-0.4, -0.2) is 19.4 Å². The zero-order valence-corrected chi connectivity index (χ0v) is 20.3. The normalized spacial score (nSPS) is 15.8. The number of thiophene rings is 1. The first-order valence-corrected chi connectivity index (χ1v) is 12.2. The molecule has 1 aromatic heterocycles. The summed E-state index contributed by atoms with van der Waals surface area (Å²) >= 11 is 1.68. The van der Waals surface area contributed by atoms with Crippen molar-refractivity contribution in [3.8, 4) is 17.6 Å². The fraction of sp³-hybridized carbons (Fsp3) is 0.357. The zero-order chi connectivity index (χ0) is 23.3. The maximum Gasteiger partial charge on any atom is 0.134 e. The van der Waals surface area contributed by atoms with E-state index in [-0.39, 0.29) is 5.41 Å². The molecule has 0 aliphatic heterocycles. The molecular formula is C28H30N2O2S. The van der Waals surface area contributed by atoms with Gasteiger partial charge in [0.25, 0.3) is 0 Å². The lowest BCUT2D eigenvalue weighted by molar-refractivity contribution is 0.217. The molecule has 0 saturated carbocycles. The number of nitrogens with zero attached hydrogens (tertiary/aromatic N) is 2. The molecule has 4 nitrogen and oxygen atoms in total. The summed E-state index contributed by atoms with van der Waals surface area (Å²) in [5.74, 6) is 2.28. The van der Waals surface area contributed by atoms with E-state index in [9.17, 15) is 5.26 Å². The van der Waals surface area contributed by atoms with Gasteiger partial charge in [0, 0.05) is 11.1 Å². The monoisotopic (exact) mass is 458 g/mol. The van der Waals surface area contributed by atoms with E-state index in [2.05, 4.69) is 31.8 Å². The maximum atomic E-state index is 9.75. The van der Waals surface area contributed by atoms with Crippen molar-refractivity contribution in [2.75, 3.05) is 13.2 Å². The van der Waals surface area contributed by atoms with Crippen LogP contribution in [0.2, 0.25) is 0 Å². The van der Waals surface area contributed by atoms with Crippen molar-refractivity contribution in [2.24, 2.45) is 16.3 Å². The number of rotatable bonds is 7. The van der Waals surface area contributed by atoms with Crippen LogP contribution in [0.5, 0.6) is 11.5 Å². The fourth-order valence-corrected chi connectivity index (χ4v) is 5.36. The Labute approximate surface area is 200 Å². The Bertz CT molecular complexity index is 1140. The number of ether oxygens (including phenoxy) is 2. The Morgan fingerprint density at radius 2 is 1.70 bits per heavy atom. The van der Waals surface area contributed by atoms with Gasteiger partial charge in [0.05, 0.1) is 5.56 Å². The zero-order valence-electron chi connectivity index (χ0n) is 19.5. The van der Waals surface area contributed by atoms with Crippen molar-refractivity contribution < 1.29 is 9.47 Å². The van der Waals surface area contributed by atoms with Crippen LogP contribution in [0.1, 0.15) is 48.8 Å². The highest BCUT2D eigenvalue weighted by Crippen LogP contribution is 2.44. The minimum atomic E-state index is 0.287. The molecule has 0 bridgehead atoms. The van der Waals surface area contributed by atoms with Crippen LogP contribution in [0, 0.1) is 22.7 Å². The first kappa shape index (κ1) is 23.1. The molecule has 1 aliphatic carbocycles. The first-order chi connectivity index (χ1) is 15.9. The van der Waals surface area contributed by atoms with E-state index in [1.165, 1.54) is 10.4 Å². The molecule has 1 aliphatic rings. The van der Waals surface area contributed by atoms with Crippen LogP contribution in [0.4, 0.5) is 5.00 Å². The van der Waals surface area contributed by atoms with Gasteiger partial charge in [-0.25, -0.2) is 4.99 Å². The maximum absolute atomic E-state index is 9.75. The van der Waals surface area contributed by atoms with Gasteiger partial charge in [-0.15, -0.1) is 11.3 Å². The number of para-hydroxylation sites is 1. The second-order valence-corrected chi connectivity index (χ2v) is 10.5. The summed E-state index contributed by atoms with van der Waals surface area (Å²) in [6.45, 7) is 7.89. The Morgan fingerprint density at radius 1 is 1.03 bits per heavy atom. The van der Waals surface area contributed by atoms with Crippen molar-refractivity contribution in [3.05, 3.63) is 76.2 Å². The lowest BCUT2D eigenvalue weighted by Crippen LogP contribution is -2.26. The minimum Gasteiger partial charge on any atom is -0.490 e. The van der Waals surface area contributed by atoms with E-state index in [0.29, 0.717) is 19.1 Å². The van der Waals surface area contributed by atoms with Gasteiger partial charge >= 0.3 is 0 Å². The molecule has 170 valence electrons. The summed E-state index contributed by atoms with van der Waals surface area (Å²) in [5, 5.41) is 10.6. The molecule has 1 heterocycles. The topological polar surface area (TPSA) is 54.6 Å². The quantitative estimate of drug-likeness (QED) is 0.283. The summed E-state index contributed by atoms with van der Waals surface area (Å²) < 4.78 is 11.4. The Balaban J connectivity index is 1.35. The smallest absolute Gasteiger partial charge is 0.134 e. The van der Waals surface area contributed by atoms with Gasteiger partial charge in [0.15, 0.2) is 0 Å². The Kier molecular flexibility index (Phi) is 7.15. The summed E-state index contributed by atoms with van der Waals surface area (Å²) in [4.78, 5) is 6.03. The van der Waals surface area contributed by atoms with Crippen LogP contribution >= 0.6 is 11.3 Å². The van der Waals surface area contributed by atoms with Crippen molar-refractivity contribution in [2.45, 2.75) is 40.0 Å². The number of nitriles is 1. The molecular weight excluding hydrogens is 428 g/mol. The van der Waals surface area contributed by atoms with Gasteiger partial charge < -0.3 is 9.47 Å². The first-order valence-electron chi connectivity index (χ1n) is 11.4. The van der Waals surface area contributed by atoms with Gasteiger partial charge in [-0.3, -0.25) is 0 Å². The highest BCUT2D eigenvalue weighted by Gasteiger charge is 2.32. The third-order valence-electron chi connectivity index (χ3n) is 6.16. The molecule has 0 spiro atoms. The van der Waals surface area contributed by atoms with Crippen LogP contribution in [0.15, 0.2) is 59.6 Å². The second-order valence-electron chi connectivity index (χ2n) is 9.44. The molecule has 33 heavy (non-hydrogen) atoms. The molecule has 2 aromatic carbocycles. The predicted octanol–water partition coefficient (Wildman–Crippen LogP) is 6.98. The summed E-state index contributed by atoms with van der Waals surface area (Å²) in [5.41, 5.74) is 3.24. The van der Waals surface area contributed by atoms with E-state index in [4.69, 9.17) is 9.47 Å². The Hall–Kier alpha value is -3.10. The molecule has 4 rings (SSSR count). The van der Waals surface area contributed by atoms with Crippen LogP contribution < -0.4 is 9.47 Å². The molecule has 0 unspecified atom stereocenters. The van der Waals surface area contributed by atoms with Gasteiger partial charge in [-0.1, -0.05) is 39.0 Å². The summed E-state index contributed by atoms with van der Waals surface area (Å²) in [6, 6.07) is 19.9. The van der Waals surface area contributed by atoms with Crippen molar-refractivity contribution in [1.29, 1.82) is 5.26 Å². The van der Waals surface area contributed by atoms with E-state index in [0.717, 1.165) is 46.9 Å². The average Bonchev–Trinajstić information content (AvgIpc) is 3.18. The van der Waals surface area contributed by atoms with Crippen molar-refractivity contribution in [1.82, 2.24) is 0 Å². The van der Waals surface area contributed by atoms with Gasteiger partial charge in [0.2, 0.25) is 0 Å². The third kappa shape index (κ3) is 5.83. The average molecular weight is 459 g/mol. The minimum absolute atomic E-state index is 0.287. The number of fused-ring (bicyclic) bond motifs is 1. The van der Waals surface area contributed by atoms with Crippen LogP contribution in [-0.2, 0) is 12.8 Å². The highest BCUT2D eigenvalue weighted by molar-refractivity contribution is 7.16. The molecule has 0 N–H and O–H groups in total. The van der Waals surface area contributed by atoms with Crippen molar-refractivity contribution >= 4 is 22.6 Å². The molecule has 0 saturated heterocycles. The van der Waals surface area contributed by atoms with E-state index >= 15 is 0 Å². The number of hydrogen-bond acceptors (Lipinski definition) is 5. The lowest BCUT2D eigenvalue weighted by atomic mass is 9.72. The van der Waals surface area contributed by atoms with Crippen LogP contribution in [0.3, 0.4) is 0 Å². The molecule has 1 atom stereocenters. The van der Waals surface area contributed by atoms with E-state index in [1.54, 1.807) is 11.3 Å². The third-order valence-corrected chi connectivity index (χ3v) is 7.32.